The minimum absolute atomic E-state index is 0.117. The van der Waals surface area contributed by atoms with Crippen LogP contribution in [0.25, 0.3) is 0 Å². The Labute approximate surface area is 124 Å². The Kier molecular flexibility index (Phi) is 5.08. The number of hydrogen-bond donors (Lipinski definition) is 2. The Bertz CT molecular complexity index is 483. The van der Waals surface area contributed by atoms with Crippen molar-refractivity contribution in [2.24, 2.45) is 11.7 Å². The minimum atomic E-state index is -4.44. The molecule has 4 nitrogen and oxygen atoms in total. The molecule has 0 bridgehead atoms. The topological polar surface area (TPSA) is 68.0 Å². The van der Waals surface area contributed by atoms with E-state index < -0.39 is 17.8 Å². The second-order valence-corrected chi connectivity index (χ2v) is 6.21. The van der Waals surface area contributed by atoms with Crippen LogP contribution in [0.15, 0.2) is 5.38 Å². The molecule has 1 unspecified atom stereocenters. The number of hydrogen-bond acceptors (Lipinski definition) is 4. The summed E-state index contributed by atoms with van der Waals surface area (Å²) >= 11 is 0.901. The van der Waals surface area contributed by atoms with Crippen LogP contribution < -0.4 is 11.1 Å². The lowest BCUT2D eigenvalue weighted by molar-refractivity contribution is -0.140. The van der Waals surface area contributed by atoms with Crippen molar-refractivity contribution in [1.82, 2.24) is 4.98 Å². The summed E-state index contributed by atoms with van der Waals surface area (Å²) < 4.78 is 37.6. The standard InChI is InChI=1S/C13H18F3N3OS/c14-13(15,16)10-7-21-12(19-10)18-9(6-11(17)20)8-4-2-1-3-5-8/h7-9H,1-6H2,(H2,17,20)(H,18,19). The molecule has 1 aliphatic rings. The van der Waals surface area contributed by atoms with E-state index in [2.05, 4.69) is 10.3 Å². The Morgan fingerprint density at radius 1 is 1.43 bits per heavy atom. The second kappa shape index (κ2) is 6.64. The Balaban J connectivity index is 2.07. The van der Waals surface area contributed by atoms with Gasteiger partial charge in [0.15, 0.2) is 10.8 Å². The number of primary amides is 1. The fourth-order valence-corrected chi connectivity index (χ4v) is 3.50. The first kappa shape index (κ1) is 16.1. The third kappa shape index (κ3) is 4.59. The molecule has 1 aliphatic carbocycles. The van der Waals surface area contributed by atoms with Gasteiger partial charge in [-0.05, 0) is 18.8 Å². The minimum Gasteiger partial charge on any atom is -0.370 e. The highest BCUT2D eigenvalue weighted by Gasteiger charge is 2.34. The summed E-state index contributed by atoms with van der Waals surface area (Å²) in [5.74, 6) is -0.199. The first-order valence-corrected chi connectivity index (χ1v) is 7.82. The number of alkyl halides is 3. The van der Waals surface area contributed by atoms with Crippen molar-refractivity contribution in [3.8, 4) is 0 Å². The Hall–Kier alpha value is -1.31. The van der Waals surface area contributed by atoms with Gasteiger partial charge in [0, 0.05) is 17.8 Å². The zero-order valence-corrected chi connectivity index (χ0v) is 12.3. The molecule has 1 aromatic heterocycles. The van der Waals surface area contributed by atoms with Crippen molar-refractivity contribution in [3.63, 3.8) is 0 Å². The lowest BCUT2D eigenvalue weighted by Crippen LogP contribution is -2.35. The summed E-state index contributed by atoms with van der Waals surface area (Å²) in [7, 11) is 0. The largest absolute Gasteiger partial charge is 0.434 e. The summed E-state index contributed by atoms with van der Waals surface area (Å²) in [5, 5.41) is 4.15. The molecule has 21 heavy (non-hydrogen) atoms. The molecule has 1 fully saturated rings. The maximum absolute atomic E-state index is 12.5. The molecule has 1 saturated carbocycles. The van der Waals surface area contributed by atoms with Gasteiger partial charge in [-0.2, -0.15) is 13.2 Å². The van der Waals surface area contributed by atoms with Gasteiger partial charge in [-0.15, -0.1) is 11.3 Å². The van der Waals surface area contributed by atoms with Crippen LogP contribution in [-0.4, -0.2) is 16.9 Å². The van der Waals surface area contributed by atoms with Crippen LogP contribution in [0.5, 0.6) is 0 Å². The highest BCUT2D eigenvalue weighted by Crippen LogP contribution is 2.34. The molecule has 0 radical (unpaired) electrons. The van der Waals surface area contributed by atoms with Crippen LogP contribution >= 0.6 is 11.3 Å². The van der Waals surface area contributed by atoms with Gasteiger partial charge in [0.1, 0.15) is 0 Å². The fraction of sp³-hybridized carbons (Fsp3) is 0.692. The number of anilines is 1. The van der Waals surface area contributed by atoms with E-state index in [-0.39, 0.29) is 23.5 Å². The number of nitrogens with two attached hydrogens (primary N) is 1. The van der Waals surface area contributed by atoms with E-state index >= 15 is 0 Å². The van der Waals surface area contributed by atoms with Crippen LogP contribution in [0.4, 0.5) is 18.3 Å². The van der Waals surface area contributed by atoms with Gasteiger partial charge in [-0.1, -0.05) is 19.3 Å². The van der Waals surface area contributed by atoms with Crippen LogP contribution in [-0.2, 0) is 11.0 Å². The number of halogens is 3. The number of carbonyl (C=O) groups is 1. The predicted octanol–water partition coefficient (Wildman–Crippen LogP) is 3.40. The Morgan fingerprint density at radius 2 is 2.10 bits per heavy atom. The van der Waals surface area contributed by atoms with Gasteiger partial charge in [0.25, 0.3) is 0 Å². The lowest BCUT2D eigenvalue weighted by atomic mass is 9.82. The average Bonchev–Trinajstić information content (AvgIpc) is 2.87. The molecule has 3 N–H and O–H groups in total. The van der Waals surface area contributed by atoms with E-state index in [0.717, 1.165) is 48.8 Å². The molecule has 0 aromatic carbocycles. The third-order valence-corrected chi connectivity index (χ3v) is 4.52. The van der Waals surface area contributed by atoms with Crippen LogP contribution in [0.2, 0.25) is 0 Å². The van der Waals surface area contributed by atoms with Gasteiger partial charge >= 0.3 is 6.18 Å². The Morgan fingerprint density at radius 3 is 2.62 bits per heavy atom. The van der Waals surface area contributed by atoms with Crippen LogP contribution in [0.1, 0.15) is 44.2 Å². The molecule has 1 atom stereocenters. The van der Waals surface area contributed by atoms with Crippen LogP contribution in [0, 0.1) is 5.92 Å². The van der Waals surface area contributed by atoms with E-state index in [1.54, 1.807) is 0 Å². The smallest absolute Gasteiger partial charge is 0.370 e. The highest BCUT2D eigenvalue weighted by molar-refractivity contribution is 7.13. The normalized spacial score (nSPS) is 18.4. The summed E-state index contributed by atoms with van der Waals surface area (Å²) in [6.07, 6.45) is 0.909. The number of carbonyl (C=O) groups excluding carboxylic acids is 1. The lowest BCUT2D eigenvalue weighted by Gasteiger charge is -2.30. The first-order chi connectivity index (χ1) is 9.86. The third-order valence-electron chi connectivity index (χ3n) is 3.74. The molecule has 0 aliphatic heterocycles. The maximum Gasteiger partial charge on any atom is 0.434 e. The van der Waals surface area contributed by atoms with Crippen molar-refractivity contribution >= 4 is 22.4 Å². The van der Waals surface area contributed by atoms with E-state index in [1.807, 2.05) is 0 Å². The van der Waals surface area contributed by atoms with Crippen molar-refractivity contribution in [3.05, 3.63) is 11.1 Å². The number of nitrogens with zero attached hydrogens (tertiary/aromatic N) is 1. The number of rotatable bonds is 5. The summed E-state index contributed by atoms with van der Waals surface area (Å²) in [4.78, 5) is 14.7. The zero-order valence-electron chi connectivity index (χ0n) is 11.4. The summed E-state index contributed by atoms with van der Waals surface area (Å²) in [6, 6.07) is -0.241. The summed E-state index contributed by atoms with van der Waals surface area (Å²) in [6.45, 7) is 0. The molecular weight excluding hydrogens is 303 g/mol. The fourth-order valence-electron chi connectivity index (χ4n) is 2.72. The van der Waals surface area contributed by atoms with Gasteiger partial charge in [-0.3, -0.25) is 4.79 Å². The van der Waals surface area contributed by atoms with Gasteiger partial charge in [0.05, 0.1) is 0 Å². The van der Waals surface area contributed by atoms with Crippen molar-refractivity contribution < 1.29 is 18.0 Å². The van der Waals surface area contributed by atoms with Crippen molar-refractivity contribution in [1.29, 1.82) is 0 Å². The summed E-state index contributed by atoms with van der Waals surface area (Å²) in [5.41, 5.74) is 4.35. The molecule has 1 heterocycles. The van der Waals surface area contributed by atoms with Gasteiger partial charge in [0.2, 0.25) is 5.91 Å². The molecule has 1 aromatic rings. The monoisotopic (exact) mass is 321 g/mol. The molecule has 0 saturated heterocycles. The van der Waals surface area contributed by atoms with E-state index in [4.69, 9.17) is 5.73 Å². The molecule has 2 rings (SSSR count). The molecule has 1 amide bonds. The van der Waals surface area contributed by atoms with E-state index in [9.17, 15) is 18.0 Å². The van der Waals surface area contributed by atoms with Crippen molar-refractivity contribution in [2.75, 3.05) is 5.32 Å². The van der Waals surface area contributed by atoms with Gasteiger partial charge < -0.3 is 11.1 Å². The molecule has 8 heteroatoms. The predicted molar refractivity (Wildman–Crippen MR) is 74.9 cm³/mol. The number of thiazole rings is 1. The number of aromatic nitrogens is 1. The first-order valence-electron chi connectivity index (χ1n) is 6.94. The molecule has 118 valence electrons. The molecular formula is C13H18F3N3OS. The average molecular weight is 321 g/mol. The highest BCUT2D eigenvalue weighted by atomic mass is 32.1. The quantitative estimate of drug-likeness (QED) is 0.873. The maximum atomic E-state index is 12.5. The van der Waals surface area contributed by atoms with E-state index in [0.29, 0.717) is 0 Å². The van der Waals surface area contributed by atoms with E-state index in [1.165, 1.54) is 0 Å². The molecule has 0 spiro atoms. The number of amides is 1. The second-order valence-electron chi connectivity index (χ2n) is 5.36. The SMILES string of the molecule is NC(=O)CC(Nc1nc(C(F)(F)F)cs1)C1CCCCC1. The number of nitrogens with one attached hydrogen (secondary N) is 1. The van der Waals surface area contributed by atoms with Gasteiger partial charge in [-0.25, -0.2) is 4.98 Å². The van der Waals surface area contributed by atoms with Crippen molar-refractivity contribution in [2.45, 2.75) is 50.7 Å². The van der Waals surface area contributed by atoms with Crippen LogP contribution in [0.3, 0.4) is 0 Å². The zero-order chi connectivity index (χ0) is 15.5.